The van der Waals surface area contributed by atoms with Crippen LogP contribution in [-0.4, -0.2) is 81.1 Å². The van der Waals surface area contributed by atoms with Crippen LogP contribution in [-0.2, 0) is 14.8 Å². The van der Waals surface area contributed by atoms with Crippen LogP contribution in [0.2, 0.25) is 0 Å². The van der Waals surface area contributed by atoms with E-state index >= 15 is 0 Å². The van der Waals surface area contributed by atoms with E-state index in [0.29, 0.717) is 32.5 Å². The van der Waals surface area contributed by atoms with Crippen molar-refractivity contribution in [1.82, 2.24) is 19.8 Å². The lowest BCUT2D eigenvalue weighted by Gasteiger charge is -2.40. The number of likely N-dealkylation sites (tertiary alicyclic amines) is 1. The SMILES string of the molecule is CCNC(=NCCN1CCCS1(=O)=O)N1CCCC2(CNC(=O)C2)C1.I. The topological polar surface area (TPSA) is 94.1 Å². The van der Waals surface area contributed by atoms with Gasteiger partial charge in [-0.25, -0.2) is 12.7 Å². The molecule has 26 heavy (non-hydrogen) atoms. The van der Waals surface area contributed by atoms with Crippen LogP contribution in [0.15, 0.2) is 4.99 Å². The Hall–Kier alpha value is -0.620. The number of carbonyl (C=O) groups is 1. The molecule has 1 atom stereocenters. The summed E-state index contributed by atoms with van der Waals surface area (Å²) >= 11 is 0. The fraction of sp³-hybridized carbons (Fsp3) is 0.875. The van der Waals surface area contributed by atoms with Gasteiger partial charge in [-0.15, -0.1) is 24.0 Å². The standard InChI is InChI=1S/C16H29N5O3S.HI/c1-2-17-15(18-6-9-21-8-4-10-25(21,23)24)20-7-3-5-16(13-20)11-14(22)19-12-16;/h2-13H2,1H3,(H,17,18)(H,19,22);1H. The molecule has 10 heteroatoms. The minimum atomic E-state index is -3.06. The van der Waals surface area contributed by atoms with E-state index in [9.17, 15) is 13.2 Å². The number of nitrogens with zero attached hydrogens (tertiary/aromatic N) is 3. The number of piperidine rings is 1. The molecule has 0 bridgehead atoms. The van der Waals surface area contributed by atoms with Gasteiger partial charge in [-0.05, 0) is 26.2 Å². The van der Waals surface area contributed by atoms with E-state index in [0.717, 1.165) is 45.0 Å². The quantitative estimate of drug-likeness (QED) is 0.328. The molecular weight excluding hydrogens is 469 g/mol. The molecule has 1 spiro atoms. The molecular formula is C16H30IN5O3S. The monoisotopic (exact) mass is 499 g/mol. The van der Waals surface area contributed by atoms with Gasteiger partial charge >= 0.3 is 0 Å². The molecule has 3 fully saturated rings. The number of hydrogen-bond acceptors (Lipinski definition) is 4. The Bertz CT molecular complexity index is 642. The van der Waals surface area contributed by atoms with Crippen molar-refractivity contribution < 1.29 is 13.2 Å². The van der Waals surface area contributed by atoms with Crippen molar-refractivity contribution in [3.05, 3.63) is 0 Å². The number of sulfonamides is 1. The van der Waals surface area contributed by atoms with E-state index in [1.165, 1.54) is 4.31 Å². The molecule has 0 radical (unpaired) electrons. The molecule has 3 rings (SSSR count). The van der Waals surface area contributed by atoms with Gasteiger partial charge in [0.25, 0.3) is 0 Å². The van der Waals surface area contributed by atoms with Crippen LogP contribution in [0.1, 0.15) is 32.6 Å². The Labute approximate surface area is 173 Å². The van der Waals surface area contributed by atoms with Gasteiger partial charge in [0.1, 0.15) is 0 Å². The Morgan fingerprint density at radius 1 is 1.35 bits per heavy atom. The molecule has 0 aromatic heterocycles. The first-order valence-electron chi connectivity index (χ1n) is 9.22. The van der Waals surface area contributed by atoms with Crippen molar-refractivity contribution in [2.75, 3.05) is 51.6 Å². The van der Waals surface area contributed by atoms with Crippen molar-refractivity contribution in [2.24, 2.45) is 10.4 Å². The average Bonchev–Trinajstić information content (AvgIpc) is 3.09. The van der Waals surface area contributed by atoms with E-state index < -0.39 is 10.0 Å². The Balaban J connectivity index is 0.00000243. The molecule has 0 aromatic rings. The maximum absolute atomic E-state index is 11.9. The summed E-state index contributed by atoms with van der Waals surface area (Å²) in [6.07, 6.45) is 3.41. The van der Waals surface area contributed by atoms with Crippen molar-refractivity contribution in [3.63, 3.8) is 0 Å². The predicted octanol–water partition coefficient (Wildman–Crippen LogP) is 0.208. The van der Waals surface area contributed by atoms with Crippen LogP contribution < -0.4 is 10.6 Å². The maximum Gasteiger partial charge on any atom is 0.220 e. The highest BCUT2D eigenvalue weighted by atomic mass is 127. The van der Waals surface area contributed by atoms with E-state index in [1.807, 2.05) is 6.92 Å². The molecule has 3 aliphatic heterocycles. The summed E-state index contributed by atoms with van der Waals surface area (Å²) in [7, 11) is -3.06. The Morgan fingerprint density at radius 2 is 2.15 bits per heavy atom. The molecule has 2 N–H and O–H groups in total. The third kappa shape index (κ3) is 5.00. The number of carbonyl (C=O) groups excluding carboxylic acids is 1. The van der Waals surface area contributed by atoms with Gasteiger partial charge in [0.05, 0.1) is 12.3 Å². The first kappa shape index (κ1) is 21.7. The summed E-state index contributed by atoms with van der Waals surface area (Å²) in [5, 5.41) is 6.28. The van der Waals surface area contributed by atoms with Crippen molar-refractivity contribution in [3.8, 4) is 0 Å². The number of amides is 1. The highest BCUT2D eigenvalue weighted by molar-refractivity contribution is 14.0. The zero-order chi connectivity index (χ0) is 17.9. The third-order valence-electron chi connectivity index (χ3n) is 5.31. The largest absolute Gasteiger partial charge is 0.357 e. The molecule has 1 unspecified atom stereocenters. The minimum Gasteiger partial charge on any atom is -0.357 e. The number of aliphatic imine (C=N–C) groups is 1. The predicted molar refractivity (Wildman–Crippen MR) is 112 cm³/mol. The van der Waals surface area contributed by atoms with E-state index in [4.69, 9.17) is 0 Å². The lowest BCUT2D eigenvalue weighted by Crippen LogP contribution is -2.51. The van der Waals surface area contributed by atoms with Crippen LogP contribution in [0.5, 0.6) is 0 Å². The van der Waals surface area contributed by atoms with E-state index in [1.54, 1.807) is 0 Å². The highest BCUT2D eigenvalue weighted by Gasteiger charge is 2.42. The summed E-state index contributed by atoms with van der Waals surface area (Å²) in [6, 6.07) is 0. The van der Waals surface area contributed by atoms with Gasteiger partial charge < -0.3 is 15.5 Å². The maximum atomic E-state index is 11.9. The number of guanidine groups is 1. The summed E-state index contributed by atoms with van der Waals surface area (Å²) in [5.41, 5.74) is 0.0177. The minimum absolute atomic E-state index is 0. The number of hydrogen-bond donors (Lipinski definition) is 2. The van der Waals surface area contributed by atoms with Gasteiger partial charge in [0, 0.05) is 51.1 Å². The zero-order valence-electron chi connectivity index (χ0n) is 15.4. The molecule has 0 aliphatic carbocycles. The van der Waals surface area contributed by atoms with Gasteiger partial charge in [0.15, 0.2) is 5.96 Å². The lowest BCUT2D eigenvalue weighted by atomic mass is 9.79. The lowest BCUT2D eigenvalue weighted by molar-refractivity contribution is -0.119. The average molecular weight is 499 g/mol. The molecule has 3 heterocycles. The number of halogens is 1. The summed E-state index contributed by atoms with van der Waals surface area (Å²) in [4.78, 5) is 18.5. The third-order valence-corrected chi connectivity index (χ3v) is 7.26. The smallest absolute Gasteiger partial charge is 0.220 e. The second kappa shape index (κ2) is 9.05. The molecule has 1 amide bonds. The second-order valence-corrected chi connectivity index (χ2v) is 9.37. The first-order chi connectivity index (χ1) is 11.9. The van der Waals surface area contributed by atoms with Crippen LogP contribution >= 0.6 is 24.0 Å². The van der Waals surface area contributed by atoms with Crippen LogP contribution in [0.4, 0.5) is 0 Å². The molecule has 150 valence electrons. The Kier molecular flexibility index (Phi) is 7.54. The van der Waals surface area contributed by atoms with Gasteiger partial charge in [-0.1, -0.05) is 0 Å². The fourth-order valence-electron chi connectivity index (χ4n) is 4.06. The molecule has 8 nitrogen and oxygen atoms in total. The summed E-state index contributed by atoms with van der Waals surface area (Å²) in [5.74, 6) is 1.23. The normalized spacial score (nSPS) is 28.9. The molecule has 3 saturated heterocycles. The van der Waals surface area contributed by atoms with Crippen LogP contribution in [0.3, 0.4) is 0 Å². The fourth-order valence-corrected chi connectivity index (χ4v) is 5.58. The van der Waals surface area contributed by atoms with Crippen molar-refractivity contribution in [1.29, 1.82) is 0 Å². The zero-order valence-corrected chi connectivity index (χ0v) is 18.5. The first-order valence-corrected chi connectivity index (χ1v) is 10.8. The number of nitrogens with one attached hydrogen (secondary N) is 2. The molecule has 0 aromatic carbocycles. The molecule has 0 saturated carbocycles. The van der Waals surface area contributed by atoms with E-state index in [-0.39, 0.29) is 41.1 Å². The van der Waals surface area contributed by atoms with E-state index in [2.05, 4.69) is 20.5 Å². The van der Waals surface area contributed by atoms with Crippen LogP contribution in [0.25, 0.3) is 0 Å². The second-order valence-electron chi connectivity index (χ2n) is 7.28. The highest BCUT2D eigenvalue weighted by Crippen LogP contribution is 2.35. The van der Waals surface area contributed by atoms with Crippen molar-refractivity contribution in [2.45, 2.75) is 32.6 Å². The van der Waals surface area contributed by atoms with Crippen molar-refractivity contribution >= 4 is 45.9 Å². The van der Waals surface area contributed by atoms with Gasteiger partial charge in [-0.3, -0.25) is 9.79 Å². The molecule has 3 aliphatic rings. The summed E-state index contributed by atoms with van der Waals surface area (Å²) in [6.45, 7) is 6.78. The van der Waals surface area contributed by atoms with Gasteiger partial charge in [0.2, 0.25) is 15.9 Å². The van der Waals surface area contributed by atoms with Crippen LogP contribution in [0, 0.1) is 5.41 Å². The Morgan fingerprint density at radius 3 is 2.77 bits per heavy atom. The summed E-state index contributed by atoms with van der Waals surface area (Å²) < 4.78 is 25.3. The number of rotatable bonds is 4. The van der Waals surface area contributed by atoms with Gasteiger partial charge in [-0.2, -0.15) is 0 Å².